The molecule has 2 aromatic heterocycles. The first-order valence-electron chi connectivity index (χ1n) is 12.7. The number of likely N-dealkylation sites (tertiary alicyclic amines) is 2. The molecule has 2 N–H and O–H groups in total. The normalized spacial score (nSPS) is 21.2. The van der Waals surface area contributed by atoms with Gasteiger partial charge >= 0.3 is 0 Å². The summed E-state index contributed by atoms with van der Waals surface area (Å²) in [6.07, 6.45) is 12.6. The lowest BCUT2D eigenvalue weighted by Gasteiger charge is -2.47. The van der Waals surface area contributed by atoms with Crippen molar-refractivity contribution >= 4 is 5.91 Å². The second-order valence-electron chi connectivity index (χ2n) is 9.83. The highest BCUT2D eigenvalue weighted by atomic mass is 16.1. The van der Waals surface area contributed by atoms with Crippen LogP contribution in [-0.4, -0.2) is 57.5 Å². The smallest absolute Gasteiger partial charge is 0.234 e. The van der Waals surface area contributed by atoms with Crippen LogP contribution in [0.2, 0.25) is 0 Å². The number of carbonyl (C=O) groups is 1. The predicted molar refractivity (Wildman–Crippen MR) is 138 cm³/mol. The summed E-state index contributed by atoms with van der Waals surface area (Å²) in [5.41, 5.74) is 8.96. The Balaban J connectivity index is 1.66. The van der Waals surface area contributed by atoms with Gasteiger partial charge in [0.2, 0.25) is 5.91 Å². The third-order valence-electron chi connectivity index (χ3n) is 7.82. The third kappa shape index (κ3) is 4.50. The van der Waals surface area contributed by atoms with Gasteiger partial charge in [-0.05, 0) is 79.6 Å². The molecule has 1 amide bonds. The summed E-state index contributed by atoms with van der Waals surface area (Å²) in [6.45, 7) is 2.48. The Kier molecular flexibility index (Phi) is 7.08. The minimum absolute atomic E-state index is 0.130. The Morgan fingerprint density at radius 3 is 2.33 bits per heavy atom. The number of hydrogen-bond acceptors (Lipinski definition) is 6. The van der Waals surface area contributed by atoms with Crippen LogP contribution in [0.3, 0.4) is 0 Å². The molecule has 36 heavy (non-hydrogen) atoms. The van der Waals surface area contributed by atoms with Gasteiger partial charge in [0.1, 0.15) is 0 Å². The number of rotatable bonds is 7. The van der Waals surface area contributed by atoms with Crippen LogP contribution >= 0.6 is 0 Å². The molecular formula is C29H32N6O. The molecule has 3 aromatic rings. The summed E-state index contributed by atoms with van der Waals surface area (Å²) in [5, 5.41) is 9.72. The van der Waals surface area contributed by atoms with Crippen molar-refractivity contribution in [3.8, 4) is 6.07 Å². The molecule has 7 heteroatoms. The highest BCUT2D eigenvalue weighted by Gasteiger charge is 2.44. The van der Waals surface area contributed by atoms with E-state index in [1.807, 2.05) is 42.7 Å². The number of benzene rings is 1. The van der Waals surface area contributed by atoms with E-state index in [1.165, 1.54) is 0 Å². The molecular weight excluding hydrogens is 448 g/mol. The third-order valence-corrected chi connectivity index (χ3v) is 7.82. The van der Waals surface area contributed by atoms with Crippen LogP contribution in [0.15, 0.2) is 73.3 Å². The van der Waals surface area contributed by atoms with Crippen LogP contribution in [0.1, 0.15) is 54.4 Å². The van der Waals surface area contributed by atoms with E-state index < -0.39 is 5.41 Å². The summed E-state index contributed by atoms with van der Waals surface area (Å²) in [6, 6.07) is 18.1. The summed E-state index contributed by atoms with van der Waals surface area (Å²) in [4.78, 5) is 26.1. The zero-order valence-electron chi connectivity index (χ0n) is 20.5. The lowest BCUT2D eigenvalue weighted by atomic mass is 9.69. The molecule has 1 unspecified atom stereocenters. The first kappa shape index (κ1) is 24.1. The molecule has 2 aliphatic heterocycles. The van der Waals surface area contributed by atoms with E-state index in [0.717, 1.165) is 61.9 Å². The second-order valence-corrected chi connectivity index (χ2v) is 9.83. The maximum atomic E-state index is 12.3. The van der Waals surface area contributed by atoms with Crippen LogP contribution in [0.25, 0.3) is 0 Å². The predicted octanol–water partition coefficient (Wildman–Crippen LogP) is 3.44. The Morgan fingerprint density at radius 1 is 0.972 bits per heavy atom. The SMILES string of the molecule is N#Cc1cccc(C(CN2CCCCC2N2CCC[C@H]2C(N)=O)(c2cccnc2)c2cccnc2)c1. The number of nitrogens with zero attached hydrogens (tertiary/aromatic N) is 5. The average Bonchev–Trinajstić information content (AvgIpc) is 3.43. The number of amides is 1. The number of primary amides is 1. The van der Waals surface area contributed by atoms with Crippen molar-refractivity contribution in [2.24, 2.45) is 5.73 Å². The first-order chi connectivity index (χ1) is 17.6. The van der Waals surface area contributed by atoms with Crippen molar-refractivity contribution in [3.63, 3.8) is 0 Å². The fourth-order valence-electron chi connectivity index (χ4n) is 6.15. The van der Waals surface area contributed by atoms with Gasteiger partial charge in [-0.3, -0.25) is 24.6 Å². The van der Waals surface area contributed by atoms with E-state index >= 15 is 0 Å². The quantitative estimate of drug-likeness (QED) is 0.556. The van der Waals surface area contributed by atoms with E-state index in [0.29, 0.717) is 12.1 Å². The van der Waals surface area contributed by atoms with Gasteiger partial charge in [0.25, 0.3) is 0 Å². The number of hydrogen-bond donors (Lipinski definition) is 1. The van der Waals surface area contributed by atoms with Crippen molar-refractivity contribution < 1.29 is 4.79 Å². The van der Waals surface area contributed by atoms with Crippen LogP contribution < -0.4 is 5.73 Å². The van der Waals surface area contributed by atoms with Crippen molar-refractivity contribution in [3.05, 3.63) is 95.6 Å². The molecule has 1 aromatic carbocycles. The van der Waals surface area contributed by atoms with Crippen molar-refractivity contribution in [2.45, 2.75) is 49.7 Å². The van der Waals surface area contributed by atoms with Crippen molar-refractivity contribution in [2.75, 3.05) is 19.6 Å². The van der Waals surface area contributed by atoms with Gasteiger partial charge in [-0.1, -0.05) is 24.3 Å². The number of pyridine rings is 2. The summed E-state index contributed by atoms with van der Waals surface area (Å²) >= 11 is 0. The van der Waals surface area contributed by atoms with Crippen LogP contribution in [0, 0.1) is 11.3 Å². The maximum Gasteiger partial charge on any atom is 0.234 e. The number of carbonyl (C=O) groups excluding carboxylic acids is 1. The molecule has 2 saturated heterocycles. The highest BCUT2D eigenvalue weighted by Crippen LogP contribution is 2.41. The van der Waals surface area contributed by atoms with Gasteiger partial charge in [-0.15, -0.1) is 0 Å². The monoisotopic (exact) mass is 480 g/mol. The van der Waals surface area contributed by atoms with E-state index in [9.17, 15) is 10.1 Å². The second kappa shape index (κ2) is 10.6. The summed E-state index contributed by atoms with van der Waals surface area (Å²) in [5.74, 6) is -0.231. The molecule has 2 atom stereocenters. The first-order valence-corrected chi connectivity index (χ1v) is 12.7. The van der Waals surface area contributed by atoms with Gasteiger partial charge < -0.3 is 5.73 Å². The van der Waals surface area contributed by atoms with E-state index in [4.69, 9.17) is 5.73 Å². The molecule has 0 spiro atoms. The zero-order chi connectivity index (χ0) is 25.0. The topological polar surface area (TPSA) is 99.1 Å². The fraction of sp³-hybridized carbons (Fsp3) is 0.379. The standard InChI is InChI=1S/C29H32N6O/c30-18-22-7-3-8-23(17-22)29(24-9-4-13-32-19-24,25-10-5-14-33-20-25)21-34-15-2-1-12-27(34)35-16-6-11-26(35)28(31)36/h3-5,7-10,13-14,17,19-20,26-27H,1-2,6,11-12,15-16,21H2,(H2,31,36)/t26-,27?/m0/s1. The number of piperidine rings is 1. The van der Waals surface area contributed by atoms with Gasteiger partial charge in [0, 0.05) is 37.9 Å². The maximum absolute atomic E-state index is 12.3. The molecule has 4 heterocycles. The van der Waals surface area contributed by atoms with Crippen LogP contribution in [0.5, 0.6) is 0 Å². The Morgan fingerprint density at radius 2 is 1.69 bits per heavy atom. The van der Waals surface area contributed by atoms with E-state index in [-0.39, 0.29) is 18.1 Å². The molecule has 0 saturated carbocycles. The van der Waals surface area contributed by atoms with Crippen LogP contribution in [0.4, 0.5) is 0 Å². The fourth-order valence-corrected chi connectivity index (χ4v) is 6.15. The Labute approximate surface area is 212 Å². The molecule has 2 fully saturated rings. The van der Waals surface area contributed by atoms with Gasteiger partial charge in [0.15, 0.2) is 0 Å². The van der Waals surface area contributed by atoms with E-state index in [1.54, 1.807) is 12.4 Å². The summed E-state index contributed by atoms with van der Waals surface area (Å²) < 4.78 is 0. The number of nitrogens with two attached hydrogens (primary N) is 1. The van der Waals surface area contributed by atoms with Crippen LogP contribution in [-0.2, 0) is 10.2 Å². The minimum Gasteiger partial charge on any atom is -0.368 e. The van der Waals surface area contributed by atoms with E-state index in [2.05, 4.69) is 44.0 Å². The number of nitriles is 1. The molecule has 0 radical (unpaired) electrons. The van der Waals surface area contributed by atoms with Gasteiger partial charge in [0.05, 0.1) is 29.3 Å². The highest BCUT2D eigenvalue weighted by molar-refractivity contribution is 5.80. The lowest BCUT2D eigenvalue weighted by Crippen LogP contribution is -2.58. The molecule has 2 aliphatic rings. The molecule has 184 valence electrons. The molecule has 7 nitrogen and oxygen atoms in total. The van der Waals surface area contributed by atoms with Crippen molar-refractivity contribution in [1.29, 1.82) is 5.26 Å². The number of aromatic nitrogens is 2. The average molecular weight is 481 g/mol. The zero-order valence-corrected chi connectivity index (χ0v) is 20.5. The van der Waals surface area contributed by atoms with Gasteiger partial charge in [-0.25, -0.2) is 0 Å². The molecule has 5 rings (SSSR count). The Bertz CT molecular complexity index is 1190. The molecule has 0 bridgehead atoms. The minimum atomic E-state index is -0.604. The summed E-state index contributed by atoms with van der Waals surface area (Å²) in [7, 11) is 0. The van der Waals surface area contributed by atoms with Crippen molar-refractivity contribution in [1.82, 2.24) is 19.8 Å². The lowest BCUT2D eigenvalue weighted by molar-refractivity contribution is -0.125. The van der Waals surface area contributed by atoms with Gasteiger partial charge in [-0.2, -0.15) is 5.26 Å². The largest absolute Gasteiger partial charge is 0.368 e. The Hall–Kier alpha value is -3.60. The molecule has 0 aliphatic carbocycles.